The zero-order chi connectivity index (χ0) is 22.9. The van der Waals surface area contributed by atoms with Gasteiger partial charge in [0.05, 0.1) is 12.6 Å². The van der Waals surface area contributed by atoms with Crippen molar-refractivity contribution in [3.63, 3.8) is 0 Å². The summed E-state index contributed by atoms with van der Waals surface area (Å²) in [5.41, 5.74) is 12.8. The second-order valence-electron chi connectivity index (χ2n) is 8.98. The Bertz CT molecular complexity index is 1110. The van der Waals surface area contributed by atoms with Gasteiger partial charge in [-0.2, -0.15) is 5.10 Å². The van der Waals surface area contributed by atoms with Crippen LogP contribution in [0.5, 0.6) is 0 Å². The van der Waals surface area contributed by atoms with Gasteiger partial charge in [0, 0.05) is 81.6 Å². The lowest BCUT2D eigenvalue weighted by atomic mass is 10.0. The van der Waals surface area contributed by atoms with E-state index in [1.807, 2.05) is 4.90 Å². The molecule has 0 spiro atoms. The fraction of sp³-hybridized carbons (Fsp3) is 0.480. The maximum atomic E-state index is 12.2. The van der Waals surface area contributed by atoms with E-state index in [1.54, 1.807) is 26.4 Å². The summed E-state index contributed by atoms with van der Waals surface area (Å²) in [5.74, 6) is 1.12. The number of rotatable bonds is 4. The molecule has 4 heterocycles. The van der Waals surface area contributed by atoms with Crippen molar-refractivity contribution in [1.29, 1.82) is 0 Å². The monoisotopic (exact) mass is 448 g/mol. The average molecular weight is 449 g/mol. The van der Waals surface area contributed by atoms with Crippen LogP contribution in [-0.4, -0.2) is 60.2 Å². The molecule has 1 fully saturated rings. The van der Waals surface area contributed by atoms with Gasteiger partial charge in [-0.25, -0.2) is 0 Å². The SMILES string of the molecule is CN=CC(=CN)c1ccc2c(c1)CCN2c1nn(C2CCOCC2)c2c1CN(C(C)=O)CC2. The lowest BCUT2D eigenvalue weighted by molar-refractivity contribution is -0.129. The standard InChI is InChI=1S/C25H32N6O2/c1-17(32)29-9-6-24-22(16-29)25(28-31(24)21-7-11-33-12-8-21)30-10-5-19-13-18(3-4-23(19)30)20(14-26)15-27-2/h3-4,13-15,21H,5-12,16,26H2,1-2H3. The number of benzene rings is 1. The summed E-state index contributed by atoms with van der Waals surface area (Å²) < 4.78 is 7.85. The number of allylic oxidation sites excluding steroid dienone is 1. The molecule has 1 aromatic carbocycles. The smallest absolute Gasteiger partial charge is 0.219 e. The fourth-order valence-corrected chi connectivity index (χ4v) is 5.30. The molecule has 3 aliphatic rings. The fourth-order valence-electron chi connectivity index (χ4n) is 5.30. The Morgan fingerprint density at radius 1 is 1.24 bits per heavy atom. The summed E-state index contributed by atoms with van der Waals surface area (Å²) in [6.07, 6.45) is 7.15. The molecule has 5 rings (SSSR count). The first-order valence-corrected chi connectivity index (χ1v) is 11.8. The van der Waals surface area contributed by atoms with E-state index >= 15 is 0 Å². The molecule has 174 valence electrons. The summed E-state index contributed by atoms with van der Waals surface area (Å²) >= 11 is 0. The van der Waals surface area contributed by atoms with E-state index in [-0.39, 0.29) is 5.91 Å². The highest BCUT2D eigenvalue weighted by atomic mass is 16.5. The van der Waals surface area contributed by atoms with Crippen LogP contribution < -0.4 is 10.6 Å². The number of amides is 1. The number of anilines is 2. The average Bonchev–Trinajstić information content (AvgIpc) is 3.43. The second-order valence-corrected chi connectivity index (χ2v) is 8.98. The Balaban J connectivity index is 1.54. The van der Waals surface area contributed by atoms with Crippen molar-refractivity contribution in [2.75, 3.05) is 38.3 Å². The molecule has 2 aromatic rings. The van der Waals surface area contributed by atoms with Crippen LogP contribution in [0.25, 0.3) is 5.57 Å². The highest BCUT2D eigenvalue weighted by molar-refractivity contribution is 6.09. The second kappa shape index (κ2) is 9.02. The highest BCUT2D eigenvalue weighted by Gasteiger charge is 2.33. The third-order valence-corrected chi connectivity index (χ3v) is 7.06. The molecular formula is C25H32N6O2. The quantitative estimate of drug-likeness (QED) is 0.727. The molecule has 0 atom stereocenters. The molecule has 2 N–H and O–H groups in total. The van der Waals surface area contributed by atoms with Crippen LogP contribution in [-0.2, 0) is 28.9 Å². The first kappa shape index (κ1) is 21.7. The Hall–Kier alpha value is -3.13. The van der Waals surface area contributed by atoms with Gasteiger partial charge >= 0.3 is 0 Å². The van der Waals surface area contributed by atoms with Gasteiger partial charge in [-0.3, -0.25) is 14.5 Å². The van der Waals surface area contributed by atoms with Crippen molar-refractivity contribution in [3.8, 4) is 0 Å². The van der Waals surface area contributed by atoms with E-state index in [0.717, 1.165) is 68.9 Å². The van der Waals surface area contributed by atoms with E-state index in [0.29, 0.717) is 12.6 Å². The predicted molar refractivity (Wildman–Crippen MR) is 130 cm³/mol. The van der Waals surface area contributed by atoms with Crippen molar-refractivity contribution in [2.24, 2.45) is 10.7 Å². The van der Waals surface area contributed by atoms with Crippen molar-refractivity contribution in [2.45, 2.75) is 45.2 Å². The molecule has 0 radical (unpaired) electrons. The molecule has 33 heavy (non-hydrogen) atoms. The third-order valence-electron chi connectivity index (χ3n) is 7.06. The number of aliphatic imine (C=N–C) groups is 1. The number of carbonyl (C=O) groups excluding carboxylic acids is 1. The number of ether oxygens (including phenoxy) is 1. The van der Waals surface area contributed by atoms with Gasteiger partial charge < -0.3 is 20.3 Å². The van der Waals surface area contributed by atoms with Crippen LogP contribution in [0.2, 0.25) is 0 Å². The van der Waals surface area contributed by atoms with Gasteiger partial charge in [0.25, 0.3) is 0 Å². The maximum absolute atomic E-state index is 12.2. The topological polar surface area (TPSA) is 89.0 Å². The molecule has 0 unspecified atom stereocenters. The minimum absolute atomic E-state index is 0.121. The summed E-state index contributed by atoms with van der Waals surface area (Å²) in [4.78, 5) is 20.6. The van der Waals surface area contributed by atoms with E-state index in [9.17, 15) is 4.79 Å². The summed E-state index contributed by atoms with van der Waals surface area (Å²) in [7, 11) is 1.75. The highest BCUT2D eigenvalue weighted by Crippen LogP contribution is 2.40. The van der Waals surface area contributed by atoms with E-state index in [4.69, 9.17) is 15.6 Å². The zero-order valence-electron chi connectivity index (χ0n) is 19.5. The number of hydrogen-bond donors (Lipinski definition) is 1. The number of nitrogens with two attached hydrogens (primary N) is 1. The summed E-state index contributed by atoms with van der Waals surface area (Å²) in [6, 6.07) is 6.83. The maximum Gasteiger partial charge on any atom is 0.219 e. The first-order chi connectivity index (χ1) is 16.1. The molecular weight excluding hydrogens is 416 g/mol. The lowest BCUT2D eigenvalue weighted by Crippen LogP contribution is -2.35. The van der Waals surface area contributed by atoms with Gasteiger partial charge in [-0.05, 0) is 42.5 Å². The van der Waals surface area contributed by atoms with Crippen LogP contribution in [0.4, 0.5) is 11.5 Å². The van der Waals surface area contributed by atoms with Gasteiger partial charge in [0.15, 0.2) is 5.82 Å². The van der Waals surface area contributed by atoms with E-state index in [2.05, 4.69) is 32.8 Å². The van der Waals surface area contributed by atoms with Crippen molar-refractivity contribution >= 4 is 29.2 Å². The summed E-state index contributed by atoms with van der Waals surface area (Å²) in [5, 5.41) is 5.19. The molecule has 0 saturated carbocycles. The molecule has 1 amide bonds. The van der Waals surface area contributed by atoms with Crippen LogP contribution >= 0.6 is 0 Å². The van der Waals surface area contributed by atoms with Crippen LogP contribution in [0.1, 0.15) is 48.2 Å². The van der Waals surface area contributed by atoms with Gasteiger partial charge in [0.1, 0.15) is 0 Å². The van der Waals surface area contributed by atoms with Gasteiger partial charge in [-0.15, -0.1) is 0 Å². The number of nitrogens with zero attached hydrogens (tertiary/aromatic N) is 5. The first-order valence-electron chi connectivity index (χ1n) is 11.8. The zero-order valence-corrected chi connectivity index (χ0v) is 19.5. The van der Waals surface area contributed by atoms with Crippen LogP contribution in [0, 0.1) is 0 Å². The molecule has 8 heteroatoms. The van der Waals surface area contributed by atoms with Crippen molar-refractivity contribution in [1.82, 2.24) is 14.7 Å². The van der Waals surface area contributed by atoms with Gasteiger partial charge in [-0.1, -0.05) is 6.07 Å². The molecule has 0 aliphatic carbocycles. The van der Waals surface area contributed by atoms with E-state index < -0.39 is 0 Å². The number of hydrogen-bond acceptors (Lipinski definition) is 6. The Kier molecular flexibility index (Phi) is 5.93. The Morgan fingerprint density at radius 2 is 2.06 bits per heavy atom. The Morgan fingerprint density at radius 3 is 2.79 bits per heavy atom. The van der Waals surface area contributed by atoms with E-state index in [1.165, 1.54) is 22.5 Å². The molecule has 3 aliphatic heterocycles. The largest absolute Gasteiger partial charge is 0.404 e. The molecule has 1 aromatic heterocycles. The van der Waals surface area contributed by atoms with Gasteiger partial charge in [0.2, 0.25) is 5.91 Å². The number of aromatic nitrogens is 2. The van der Waals surface area contributed by atoms with Crippen molar-refractivity contribution < 1.29 is 9.53 Å². The number of fused-ring (bicyclic) bond motifs is 2. The predicted octanol–water partition coefficient (Wildman–Crippen LogP) is 2.83. The lowest BCUT2D eigenvalue weighted by Gasteiger charge is -2.29. The summed E-state index contributed by atoms with van der Waals surface area (Å²) in [6.45, 7) is 5.47. The minimum atomic E-state index is 0.121. The minimum Gasteiger partial charge on any atom is -0.404 e. The van der Waals surface area contributed by atoms with Crippen LogP contribution in [0.15, 0.2) is 29.4 Å². The van der Waals surface area contributed by atoms with Crippen molar-refractivity contribution in [3.05, 3.63) is 46.8 Å². The normalized spacial score (nSPS) is 19.3. The number of carbonyl (C=O) groups is 1. The molecule has 8 nitrogen and oxygen atoms in total. The third kappa shape index (κ3) is 3.93. The Labute approximate surface area is 194 Å². The molecule has 0 bridgehead atoms. The molecule has 1 saturated heterocycles. The van der Waals surface area contributed by atoms with Crippen LogP contribution in [0.3, 0.4) is 0 Å².